The van der Waals surface area contributed by atoms with Gasteiger partial charge in [-0.1, -0.05) is 19.3 Å². The molecule has 2 aliphatic rings. The summed E-state index contributed by atoms with van der Waals surface area (Å²) in [5, 5.41) is 3.38. The van der Waals surface area contributed by atoms with Crippen LogP contribution in [0.3, 0.4) is 0 Å². The molecule has 1 heterocycles. The summed E-state index contributed by atoms with van der Waals surface area (Å²) in [6.45, 7) is 6.21. The molecule has 1 aliphatic heterocycles. The fourth-order valence-corrected chi connectivity index (χ4v) is 3.13. The first-order valence-corrected chi connectivity index (χ1v) is 6.73. The second-order valence-corrected chi connectivity index (χ2v) is 5.44. The van der Waals surface area contributed by atoms with Crippen molar-refractivity contribution in [3.63, 3.8) is 0 Å². The van der Waals surface area contributed by atoms with Gasteiger partial charge in [0.05, 0.1) is 0 Å². The molecule has 2 fully saturated rings. The summed E-state index contributed by atoms with van der Waals surface area (Å²) in [6, 6.07) is 0.719. The molecule has 0 radical (unpaired) electrons. The van der Waals surface area contributed by atoms with Crippen molar-refractivity contribution >= 4 is 5.91 Å². The van der Waals surface area contributed by atoms with E-state index in [4.69, 9.17) is 0 Å². The van der Waals surface area contributed by atoms with Gasteiger partial charge in [0.1, 0.15) is 0 Å². The van der Waals surface area contributed by atoms with E-state index in [0.29, 0.717) is 23.9 Å². The van der Waals surface area contributed by atoms with Crippen LogP contribution in [0.2, 0.25) is 0 Å². The van der Waals surface area contributed by atoms with Gasteiger partial charge in [-0.25, -0.2) is 0 Å². The minimum absolute atomic E-state index is 0.316. The Morgan fingerprint density at radius 2 is 1.62 bits per heavy atom. The number of carbonyl (C=O) groups is 1. The minimum Gasteiger partial charge on any atom is -0.334 e. The molecule has 1 aliphatic carbocycles. The second-order valence-electron chi connectivity index (χ2n) is 5.44. The minimum atomic E-state index is 0.316. The molecular weight excluding hydrogens is 200 g/mol. The van der Waals surface area contributed by atoms with E-state index >= 15 is 0 Å². The lowest BCUT2D eigenvalue weighted by atomic mass is 9.87. The maximum atomic E-state index is 12.5. The Balaban J connectivity index is 2.00. The number of piperazine rings is 1. The Bertz CT molecular complexity index is 238. The van der Waals surface area contributed by atoms with Crippen molar-refractivity contribution in [3.05, 3.63) is 0 Å². The fraction of sp³-hybridized carbons (Fsp3) is 0.923. The molecule has 1 saturated heterocycles. The van der Waals surface area contributed by atoms with Crippen molar-refractivity contribution < 1.29 is 4.79 Å². The fourth-order valence-electron chi connectivity index (χ4n) is 3.13. The molecule has 2 unspecified atom stereocenters. The van der Waals surface area contributed by atoms with Crippen LogP contribution in [0.4, 0.5) is 0 Å². The normalized spacial score (nSPS) is 32.8. The van der Waals surface area contributed by atoms with Gasteiger partial charge in [-0.05, 0) is 26.7 Å². The van der Waals surface area contributed by atoms with E-state index in [-0.39, 0.29) is 0 Å². The topological polar surface area (TPSA) is 32.3 Å². The quantitative estimate of drug-likeness (QED) is 0.736. The van der Waals surface area contributed by atoms with Gasteiger partial charge < -0.3 is 10.2 Å². The Kier molecular flexibility index (Phi) is 3.85. The highest BCUT2D eigenvalue weighted by atomic mass is 16.2. The van der Waals surface area contributed by atoms with Crippen molar-refractivity contribution in [1.82, 2.24) is 10.2 Å². The Labute approximate surface area is 98.6 Å². The molecule has 3 heteroatoms. The molecule has 0 bridgehead atoms. The van der Waals surface area contributed by atoms with Crippen LogP contribution in [0.25, 0.3) is 0 Å². The molecule has 0 aromatic rings. The zero-order chi connectivity index (χ0) is 11.5. The molecule has 0 spiro atoms. The average molecular weight is 224 g/mol. The maximum Gasteiger partial charge on any atom is 0.226 e. The number of nitrogens with one attached hydrogen (secondary N) is 1. The van der Waals surface area contributed by atoms with Gasteiger partial charge in [-0.3, -0.25) is 4.79 Å². The highest BCUT2D eigenvalue weighted by Gasteiger charge is 2.33. The number of amides is 1. The highest BCUT2D eigenvalue weighted by Crippen LogP contribution is 2.27. The van der Waals surface area contributed by atoms with E-state index in [1.807, 2.05) is 0 Å². The van der Waals surface area contributed by atoms with E-state index in [9.17, 15) is 4.79 Å². The molecule has 2 atom stereocenters. The molecule has 0 aromatic carbocycles. The molecule has 2 rings (SSSR count). The zero-order valence-corrected chi connectivity index (χ0v) is 10.5. The molecular formula is C13H24N2O. The van der Waals surface area contributed by atoms with Gasteiger partial charge >= 0.3 is 0 Å². The summed E-state index contributed by atoms with van der Waals surface area (Å²) < 4.78 is 0. The third-order valence-electron chi connectivity index (χ3n) is 4.04. The van der Waals surface area contributed by atoms with E-state index < -0.39 is 0 Å². The van der Waals surface area contributed by atoms with Crippen LogP contribution in [-0.2, 0) is 4.79 Å². The number of nitrogens with zero attached hydrogens (tertiary/aromatic N) is 1. The molecule has 1 amide bonds. The Morgan fingerprint density at radius 1 is 1.06 bits per heavy atom. The van der Waals surface area contributed by atoms with Gasteiger partial charge in [-0.2, -0.15) is 0 Å². The van der Waals surface area contributed by atoms with Crippen molar-refractivity contribution in [1.29, 1.82) is 0 Å². The van der Waals surface area contributed by atoms with Gasteiger partial charge in [0.15, 0.2) is 0 Å². The predicted molar refractivity (Wildman–Crippen MR) is 65.2 cm³/mol. The number of hydrogen-bond donors (Lipinski definition) is 1. The van der Waals surface area contributed by atoms with E-state index in [1.54, 1.807) is 0 Å². The third kappa shape index (κ3) is 2.40. The molecule has 92 valence electrons. The summed E-state index contributed by atoms with van der Waals surface area (Å²) in [4.78, 5) is 14.6. The molecule has 3 nitrogen and oxygen atoms in total. The van der Waals surface area contributed by atoms with Crippen LogP contribution in [-0.4, -0.2) is 36.0 Å². The van der Waals surface area contributed by atoms with E-state index in [0.717, 1.165) is 25.9 Å². The summed E-state index contributed by atoms with van der Waals surface area (Å²) >= 11 is 0. The number of carbonyl (C=O) groups excluding carboxylic acids is 1. The zero-order valence-electron chi connectivity index (χ0n) is 10.5. The monoisotopic (exact) mass is 224 g/mol. The Morgan fingerprint density at radius 3 is 2.19 bits per heavy atom. The van der Waals surface area contributed by atoms with Crippen LogP contribution in [0, 0.1) is 5.92 Å². The summed E-state index contributed by atoms with van der Waals surface area (Å²) in [5.41, 5.74) is 0. The number of rotatable bonds is 1. The van der Waals surface area contributed by atoms with E-state index in [1.165, 1.54) is 19.3 Å². The molecule has 0 aromatic heterocycles. The SMILES string of the molecule is CC1CNCC(C)N1C(=O)C1CCCCC1. The molecule has 16 heavy (non-hydrogen) atoms. The van der Waals surface area contributed by atoms with Gasteiger partial charge in [0.2, 0.25) is 5.91 Å². The largest absolute Gasteiger partial charge is 0.334 e. The molecule has 1 saturated carbocycles. The highest BCUT2D eigenvalue weighted by molar-refractivity contribution is 5.79. The summed E-state index contributed by atoms with van der Waals surface area (Å²) in [6.07, 6.45) is 6.03. The average Bonchev–Trinajstić information content (AvgIpc) is 2.30. The molecule has 1 N–H and O–H groups in total. The van der Waals surface area contributed by atoms with Crippen LogP contribution in [0.5, 0.6) is 0 Å². The standard InChI is InChI=1S/C13H24N2O/c1-10-8-14-9-11(2)15(10)13(16)12-6-4-3-5-7-12/h10-12,14H,3-9H2,1-2H3. The first-order chi connectivity index (χ1) is 7.70. The third-order valence-corrected chi connectivity index (χ3v) is 4.04. The predicted octanol–water partition coefficient (Wildman–Crippen LogP) is 1.78. The van der Waals surface area contributed by atoms with Gasteiger partial charge in [0, 0.05) is 31.1 Å². The lowest BCUT2D eigenvalue weighted by molar-refractivity contribution is -0.142. The van der Waals surface area contributed by atoms with Crippen molar-refractivity contribution in [3.8, 4) is 0 Å². The summed E-state index contributed by atoms with van der Waals surface area (Å²) in [7, 11) is 0. The maximum absolute atomic E-state index is 12.5. The van der Waals surface area contributed by atoms with Gasteiger partial charge in [-0.15, -0.1) is 0 Å². The van der Waals surface area contributed by atoms with Crippen LogP contribution in [0.1, 0.15) is 46.0 Å². The summed E-state index contributed by atoms with van der Waals surface area (Å²) in [5.74, 6) is 0.734. The lowest BCUT2D eigenvalue weighted by Gasteiger charge is -2.41. The lowest BCUT2D eigenvalue weighted by Crippen LogP contribution is -2.58. The first kappa shape index (κ1) is 11.9. The number of hydrogen-bond acceptors (Lipinski definition) is 2. The first-order valence-electron chi connectivity index (χ1n) is 6.73. The van der Waals surface area contributed by atoms with E-state index in [2.05, 4.69) is 24.1 Å². The van der Waals surface area contributed by atoms with Crippen molar-refractivity contribution in [2.24, 2.45) is 5.92 Å². The van der Waals surface area contributed by atoms with Crippen molar-refractivity contribution in [2.75, 3.05) is 13.1 Å². The van der Waals surface area contributed by atoms with Crippen LogP contribution < -0.4 is 5.32 Å². The smallest absolute Gasteiger partial charge is 0.226 e. The van der Waals surface area contributed by atoms with Crippen molar-refractivity contribution in [2.45, 2.75) is 58.0 Å². The van der Waals surface area contributed by atoms with Crippen LogP contribution in [0.15, 0.2) is 0 Å². The van der Waals surface area contributed by atoms with Crippen LogP contribution >= 0.6 is 0 Å². The second kappa shape index (κ2) is 5.17. The van der Waals surface area contributed by atoms with Gasteiger partial charge in [0.25, 0.3) is 0 Å². The Hall–Kier alpha value is -0.570.